The van der Waals surface area contributed by atoms with Crippen LogP contribution < -0.4 is 10.6 Å². The normalized spacial score (nSPS) is 13.5. The van der Waals surface area contributed by atoms with Crippen LogP contribution in [0.15, 0.2) is 54.6 Å². The number of halogens is 1. The second-order valence-corrected chi connectivity index (χ2v) is 5.46. The topological polar surface area (TPSA) is 41.1 Å². The third-order valence-corrected chi connectivity index (χ3v) is 3.52. The van der Waals surface area contributed by atoms with Crippen molar-refractivity contribution in [3.63, 3.8) is 0 Å². The minimum Gasteiger partial charge on any atom is -0.325 e. The van der Waals surface area contributed by atoms with Gasteiger partial charge >= 0.3 is 0 Å². The van der Waals surface area contributed by atoms with Gasteiger partial charge < -0.3 is 5.32 Å². The zero-order valence-corrected chi connectivity index (χ0v) is 12.9. The molecule has 21 heavy (non-hydrogen) atoms. The molecule has 0 saturated heterocycles. The minimum atomic E-state index is -0.306. The van der Waals surface area contributed by atoms with Gasteiger partial charge in [0.2, 0.25) is 5.91 Å². The van der Waals surface area contributed by atoms with Crippen LogP contribution in [-0.2, 0) is 4.79 Å². The van der Waals surface area contributed by atoms with E-state index in [1.807, 2.05) is 56.3 Å². The van der Waals surface area contributed by atoms with E-state index >= 15 is 0 Å². The molecule has 0 aliphatic rings. The van der Waals surface area contributed by atoms with E-state index < -0.39 is 0 Å². The highest BCUT2D eigenvalue weighted by Gasteiger charge is 2.16. The molecule has 0 spiro atoms. The third-order valence-electron chi connectivity index (χ3n) is 3.29. The van der Waals surface area contributed by atoms with Gasteiger partial charge in [0.25, 0.3) is 0 Å². The van der Waals surface area contributed by atoms with Gasteiger partial charge in [0.15, 0.2) is 0 Å². The van der Waals surface area contributed by atoms with Gasteiger partial charge in [-0.25, -0.2) is 0 Å². The summed E-state index contributed by atoms with van der Waals surface area (Å²) in [5.41, 5.74) is 1.86. The van der Waals surface area contributed by atoms with E-state index in [9.17, 15) is 4.79 Å². The molecule has 0 aliphatic carbocycles. The summed E-state index contributed by atoms with van der Waals surface area (Å²) in [6.45, 7) is 3.89. The first-order valence-electron chi connectivity index (χ1n) is 6.93. The number of benzene rings is 2. The molecule has 3 nitrogen and oxygen atoms in total. The van der Waals surface area contributed by atoms with Gasteiger partial charge in [-0.3, -0.25) is 10.1 Å². The Morgan fingerprint density at radius 1 is 1.05 bits per heavy atom. The molecular formula is C17H19ClN2O. The maximum Gasteiger partial charge on any atom is 0.241 e. The van der Waals surface area contributed by atoms with Crippen LogP contribution in [0.25, 0.3) is 0 Å². The number of rotatable bonds is 5. The van der Waals surface area contributed by atoms with Crippen molar-refractivity contribution in [1.82, 2.24) is 5.32 Å². The van der Waals surface area contributed by atoms with Crippen LogP contribution in [-0.4, -0.2) is 11.9 Å². The van der Waals surface area contributed by atoms with Crippen LogP contribution in [0.4, 0.5) is 5.69 Å². The summed E-state index contributed by atoms with van der Waals surface area (Å²) in [5.74, 6) is -0.0833. The van der Waals surface area contributed by atoms with E-state index in [1.165, 1.54) is 0 Å². The Kier molecular flexibility index (Phi) is 5.37. The zero-order valence-electron chi connectivity index (χ0n) is 12.1. The Morgan fingerprint density at radius 2 is 1.76 bits per heavy atom. The largest absolute Gasteiger partial charge is 0.325 e. The molecule has 0 radical (unpaired) electrons. The lowest BCUT2D eigenvalue weighted by molar-refractivity contribution is -0.117. The first-order chi connectivity index (χ1) is 10.1. The number of hydrogen-bond donors (Lipinski definition) is 2. The Hall–Kier alpha value is -1.84. The summed E-state index contributed by atoms with van der Waals surface area (Å²) >= 11 is 5.91. The molecule has 2 aromatic carbocycles. The molecule has 2 N–H and O–H groups in total. The Labute approximate surface area is 130 Å². The monoisotopic (exact) mass is 302 g/mol. The number of anilines is 1. The number of hydrogen-bond acceptors (Lipinski definition) is 2. The number of carbonyl (C=O) groups excluding carboxylic acids is 1. The highest BCUT2D eigenvalue weighted by Crippen LogP contribution is 2.16. The maximum atomic E-state index is 12.2. The molecule has 4 heteroatoms. The number of nitrogens with one attached hydrogen (secondary N) is 2. The molecule has 0 heterocycles. The van der Waals surface area contributed by atoms with Gasteiger partial charge in [-0.15, -0.1) is 0 Å². The maximum absolute atomic E-state index is 12.2. The molecule has 2 rings (SSSR count). The standard InChI is InChI=1S/C17H19ClN2O/c1-12(14-7-4-3-5-8-14)19-13(2)17(21)20-16-10-6-9-15(18)11-16/h3-13,19H,1-2H3,(H,20,21)/t12-,13-/m1/s1. The Balaban J connectivity index is 1.93. The lowest BCUT2D eigenvalue weighted by Gasteiger charge is -2.20. The lowest BCUT2D eigenvalue weighted by atomic mass is 10.1. The average Bonchev–Trinajstić information content (AvgIpc) is 2.48. The van der Waals surface area contributed by atoms with Crippen LogP contribution in [0.3, 0.4) is 0 Å². The van der Waals surface area contributed by atoms with E-state index in [0.717, 1.165) is 5.56 Å². The summed E-state index contributed by atoms with van der Waals surface area (Å²) in [7, 11) is 0. The molecular weight excluding hydrogens is 284 g/mol. The summed E-state index contributed by atoms with van der Waals surface area (Å²) in [5, 5.41) is 6.74. The number of amides is 1. The summed E-state index contributed by atoms with van der Waals surface area (Å²) < 4.78 is 0. The molecule has 0 unspecified atom stereocenters. The molecule has 0 saturated carbocycles. The SMILES string of the molecule is C[C@@H](N[C@H](C)c1ccccc1)C(=O)Nc1cccc(Cl)c1. The Morgan fingerprint density at radius 3 is 2.43 bits per heavy atom. The van der Waals surface area contributed by atoms with Crippen molar-refractivity contribution < 1.29 is 4.79 Å². The highest BCUT2D eigenvalue weighted by molar-refractivity contribution is 6.30. The van der Waals surface area contributed by atoms with Crippen LogP contribution in [0, 0.1) is 0 Å². The molecule has 110 valence electrons. The molecule has 0 aromatic heterocycles. The van der Waals surface area contributed by atoms with Crippen molar-refractivity contribution in [2.75, 3.05) is 5.32 Å². The van der Waals surface area contributed by atoms with E-state index in [4.69, 9.17) is 11.6 Å². The summed E-state index contributed by atoms with van der Waals surface area (Å²) in [6, 6.07) is 17.0. The second kappa shape index (κ2) is 7.25. The fraction of sp³-hybridized carbons (Fsp3) is 0.235. The smallest absolute Gasteiger partial charge is 0.241 e. The van der Waals surface area contributed by atoms with E-state index in [2.05, 4.69) is 10.6 Å². The Bertz CT molecular complexity index is 601. The van der Waals surface area contributed by atoms with Crippen molar-refractivity contribution >= 4 is 23.2 Å². The first-order valence-corrected chi connectivity index (χ1v) is 7.31. The van der Waals surface area contributed by atoms with Crippen molar-refractivity contribution in [2.45, 2.75) is 25.9 Å². The van der Waals surface area contributed by atoms with E-state index in [-0.39, 0.29) is 18.0 Å². The first kappa shape index (κ1) is 15.5. The van der Waals surface area contributed by atoms with Gasteiger partial charge in [0, 0.05) is 16.8 Å². The van der Waals surface area contributed by atoms with Crippen molar-refractivity contribution in [1.29, 1.82) is 0 Å². The van der Waals surface area contributed by atoms with Crippen LogP contribution in [0.2, 0.25) is 5.02 Å². The predicted octanol–water partition coefficient (Wildman–Crippen LogP) is 4.02. The van der Waals surface area contributed by atoms with Gasteiger partial charge in [-0.2, -0.15) is 0 Å². The lowest BCUT2D eigenvalue weighted by Crippen LogP contribution is -2.39. The van der Waals surface area contributed by atoms with Crippen LogP contribution in [0.5, 0.6) is 0 Å². The van der Waals surface area contributed by atoms with Gasteiger partial charge in [0.05, 0.1) is 6.04 Å². The number of carbonyl (C=O) groups is 1. The molecule has 2 atom stereocenters. The van der Waals surface area contributed by atoms with Crippen LogP contribution in [0.1, 0.15) is 25.5 Å². The fourth-order valence-electron chi connectivity index (χ4n) is 2.11. The van der Waals surface area contributed by atoms with Crippen molar-refractivity contribution in [3.8, 4) is 0 Å². The second-order valence-electron chi connectivity index (χ2n) is 5.02. The highest BCUT2D eigenvalue weighted by atomic mass is 35.5. The van der Waals surface area contributed by atoms with Crippen LogP contribution >= 0.6 is 11.6 Å². The summed E-state index contributed by atoms with van der Waals surface area (Å²) in [6.07, 6.45) is 0. The van der Waals surface area contributed by atoms with E-state index in [1.54, 1.807) is 12.1 Å². The van der Waals surface area contributed by atoms with Crippen molar-refractivity contribution in [3.05, 3.63) is 65.2 Å². The molecule has 1 amide bonds. The van der Waals surface area contributed by atoms with E-state index in [0.29, 0.717) is 10.7 Å². The molecule has 0 fully saturated rings. The van der Waals surface area contributed by atoms with Gasteiger partial charge in [-0.1, -0.05) is 48.0 Å². The third kappa shape index (κ3) is 4.59. The predicted molar refractivity (Wildman–Crippen MR) is 87.5 cm³/mol. The average molecular weight is 303 g/mol. The van der Waals surface area contributed by atoms with Gasteiger partial charge in [-0.05, 0) is 37.6 Å². The fourth-order valence-corrected chi connectivity index (χ4v) is 2.30. The quantitative estimate of drug-likeness (QED) is 0.876. The molecule has 2 aromatic rings. The summed E-state index contributed by atoms with van der Waals surface area (Å²) in [4.78, 5) is 12.2. The van der Waals surface area contributed by atoms with Gasteiger partial charge in [0.1, 0.15) is 0 Å². The van der Waals surface area contributed by atoms with Crippen molar-refractivity contribution in [2.24, 2.45) is 0 Å². The molecule has 0 bridgehead atoms. The minimum absolute atomic E-state index is 0.0833. The molecule has 0 aliphatic heterocycles. The zero-order chi connectivity index (χ0) is 15.2.